The maximum atomic E-state index is 3.46. The van der Waals surface area contributed by atoms with E-state index in [1.165, 1.54) is 18.5 Å². The summed E-state index contributed by atoms with van der Waals surface area (Å²) in [4.78, 5) is 2.47. The lowest BCUT2D eigenvalue weighted by molar-refractivity contribution is 0.219. The highest BCUT2D eigenvalue weighted by Crippen LogP contribution is 2.19. The smallest absolute Gasteiger partial charge is 0.0366 e. The topological polar surface area (TPSA) is 18.5 Å². The number of anilines is 1. The van der Waals surface area contributed by atoms with Gasteiger partial charge in [-0.1, -0.05) is 18.2 Å². The standard InChI is InChI=1S/C13H21N3/c1-15(2)14-12-8-10-16(11-9-12)13-6-4-3-5-7-13/h3-7,12,14H,8-11H2,1-2H3. The molecule has 0 bridgehead atoms. The van der Waals surface area contributed by atoms with Crippen LogP contribution < -0.4 is 10.3 Å². The number of nitrogens with zero attached hydrogens (tertiary/aromatic N) is 2. The lowest BCUT2D eigenvalue weighted by Crippen LogP contribution is -2.47. The quantitative estimate of drug-likeness (QED) is 0.781. The number of hydrazine groups is 1. The monoisotopic (exact) mass is 219 g/mol. The number of para-hydroxylation sites is 1. The zero-order chi connectivity index (χ0) is 11.4. The molecule has 0 aliphatic carbocycles. The third-order valence-corrected chi connectivity index (χ3v) is 3.06. The Morgan fingerprint density at radius 1 is 1.12 bits per heavy atom. The third-order valence-electron chi connectivity index (χ3n) is 3.06. The zero-order valence-electron chi connectivity index (χ0n) is 10.2. The molecule has 2 rings (SSSR count). The number of benzene rings is 1. The average Bonchev–Trinajstić information content (AvgIpc) is 2.30. The van der Waals surface area contributed by atoms with E-state index in [0.717, 1.165) is 13.1 Å². The average molecular weight is 219 g/mol. The second-order valence-corrected chi connectivity index (χ2v) is 4.62. The largest absolute Gasteiger partial charge is 0.371 e. The summed E-state index contributed by atoms with van der Waals surface area (Å²) < 4.78 is 0. The number of rotatable bonds is 3. The van der Waals surface area contributed by atoms with Crippen LogP contribution in [0.25, 0.3) is 0 Å². The Labute approximate surface area is 98.0 Å². The highest BCUT2D eigenvalue weighted by Gasteiger charge is 2.19. The summed E-state index contributed by atoms with van der Waals surface area (Å²) in [5.74, 6) is 0. The fourth-order valence-electron chi connectivity index (χ4n) is 2.27. The van der Waals surface area contributed by atoms with Crippen molar-refractivity contribution in [3.63, 3.8) is 0 Å². The predicted molar refractivity (Wildman–Crippen MR) is 68.5 cm³/mol. The first kappa shape index (κ1) is 11.4. The SMILES string of the molecule is CN(C)NC1CCN(c2ccccc2)CC1. The molecule has 1 saturated heterocycles. The van der Waals surface area contributed by atoms with Gasteiger partial charge in [0, 0.05) is 38.9 Å². The van der Waals surface area contributed by atoms with Crippen molar-refractivity contribution in [1.29, 1.82) is 0 Å². The van der Waals surface area contributed by atoms with Gasteiger partial charge in [0.2, 0.25) is 0 Å². The molecule has 1 aliphatic rings. The minimum Gasteiger partial charge on any atom is -0.371 e. The van der Waals surface area contributed by atoms with Gasteiger partial charge in [-0.05, 0) is 25.0 Å². The predicted octanol–water partition coefficient (Wildman–Crippen LogP) is 1.72. The molecule has 0 atom stereocenters. The van der Waals surface area contributed by atoms with E-state index in [4.69, 9.17) is 0 Å². The highest BCUT2D eigenvalue weighted by molar-refractivity contribution is 5.46. The van der Waals surface area contributed by atoms with Crippen molar-refractivity contribution in [1.82, 2.24) is 10.4 Å². The molecule has 0 radical (unpaired) electrons. The van der Waals surface area contributed by atoms with Crippen LogP contribution in [0, 0.1) is 0 Å². The minimum absolute atomic E-state index is 0.634. The fraction of sp³-hybridized carbons (Fsp3) is 0.538. The summed E-state index contributed by atoms with van der Waals surface area (Å²) in [6.07, 6.45) is 2.43. The first-order valence-electron chi connectivity index (χ1n) is 5.99. The van der Waals surface area contributed by atoms with Crippen LogP contribution in [-0.2, 0) is 0 Å². The van der Waals surface area contributed by atoms with E-state index in [0.29, 0.717) is 6.04 Å². The van der Waals surface area contributed by atoms with Crippen LogP contribution in [0.3, 0.4) is 0 Å². The van der Waals surface area contributed by atoms with Gasteiger partial charge in [0.25, 0.3) is 0 Å². The van der Waals surface area contributed by atoms with Crippen molar-refractivity contribution in [3.8, 4) is 0 Å². The Hall–Kier alpha value is -1.06. The summed E-state index contributed by atoms with van der Waals surface area (Å²) in [7, 11) is 4.12. The normalized spacial score (nSPS) is 18.1. The second kappa shape index (κ2) is 5.32. The van der Waals surface area contributed by atoms with E-state index in [1.54, 1.807) is 0 Å². The number of nitrogens with one attached hydrogen (secondary N) is 1. The van der Waals surface area contributed by atoms with Gasteiger partial charge in [0.05, 0.1) is 0 Å². The summed E-state index contributed by atoms with van der Waals surface area (Å²) in [6, 6.07) is 11.3. The lowest BCUT2D eigenvalue weighted by atomic mass is 10.1. The van der Waals surface area contributed by atoms with Gasteiger partial charge in [-0.2, -0.15) is 0 Å². The molecule has 88 valence electrons. The Balaban J connectivity index is 1.86. The van der Waals surface area contributed by atoms with E-state index in [1.807, 2.05) is 0 Å². The van der Waals surface area contributed by atoms with Crippen molar-refractivity contribution in [2.45, 2.75) is 18.9 Å². The van der Waals surface area contributed by atoms with E-state index >= 15 is 0 Å². The number of hydrogen-bond donors (Lipinski definition) is 1. The van der Waals surface area contributed by atoms with Crippen molar-refractivity contribution < 1.29 is 0 Å². The highest BCUT2D eigenvalue weighted by atomic mass is 15.5. The van der Waals surface area contributed by atoms with Crippen molar-refractivity contribution in [2.24, 2.45) is 0 Å². The molecule has 1 aromatic rings. The van der Waals surface area contributed by atoms with Gasteiger partial charge in [-0.3, -0.25) is 10.4 Å². The maximum absolute atomic E-state index is 3.46. The van der Waals surface area contributed by atoms with Gasteiger partial charge < -0.3 is 4.90 Å². The molecule has 3 heteroatoms. The molecule has 1 fully saturated rings. The fourth-order valence-corrected chi connectivity index (χ4v) is 2.27. The summed E-state index contributed by atoms with van der Waals surface area (Å²) >= 11 is 0. The lowest BCUT2D eigenvalue weighted by Gasteiger charge is -2.35. The number of hydrogen-bond acceptors (Lipinski definition) is 3. The van der Waals surface area contributed by atoms with E-state index in [9.17, 15) is 0 Å². The van der Waals surface area contributed by atoms with Crippen LogP contribution in [0.2, 0.25) is 0 Å². The Kier molecular flexibility index (Phi) is 3.80. The van der Waals surface area contributed by atoms with Crippen LogP contribution in [0.4, 0.5) is 5.69 Å². The summed E-state index contributed by atoms with van der Waals surface area (Å²) in [5.41, 5.74) is 4.81. The van der Waals surface area contributed by atoms with Gasteiger partial charge in [-0.25, -0.2) is 0 Å². The first-order chi connectivity index (χ1) is 7.75. The molecule has 1 aromatic carbocycles. The zero-order valence-corrected chi connectivity index (χ0v) is 10.2. The molecular formula is C13H21N3. The summed E-state index contributed by atoms with van der Waals surface area (Å²) in [5, 5.41) is 2.06. The first-order valence-corrected chi connectivity index (χ1v) is 5.99. The van der Waals surface area contributed by atoms with Gasteiger partial charge >= 0.3 is 0 Å². The van der Waals surface area contributed by atoms with Crippen LogP contribution in [0.1, 0.15) is 12.8 Å². The Morgan fingerprint density at radius 2 is 1.75 bits per heavy atom. The second-order valence-electron chi connectivity index (χ2n) is 4.62. The van der Waals surface area contributed by atoms with E-state index in [-0.39, 0.29) is 0 Å². The minimum atomic E-state index is 0.634. The van der Waals surface area contributed by atoms with Gasteiger partial charge in [0.15, 0.2) is 0 Å². The van der Waals surface area contributed by atoms with Crippen LogP contribution in [0.5, 0.6) is 0 Å². The molecule has 0 amide bonds. The molecule has 3 nitrogen and oxygen atoms in total. The van der Waals surface area contributed by atoms with Crippen LogP contribution >= 0.6 is 0 Å². The molecule has 1 aliphatic heterocycles. The van der Waals surface area contributed by atoms with Crippen molar-refractivity contribution in [3.05, 3.63) is 30.3 Å². The number of piperidine rings is 1. The third kappa shape index (κ3) is 2.97. The Morgan fingerprint density at radius 3 is 2.31 bits per heavy atom. The molecule has 0 unspecified atom stereocenters. The Bertz CT molecular complexity index is 302. The van der Waals surface area contributed by atoms with Crippen LogP contribution in [-0.4, -0.2) is 38.2 Å². The molecule has 0 saturated carbocycles. The van der Waals surface area contributed by atoms with Gasteiger partial charge in [0.1, 0.15) is 0 Å². The summed E-state index contributed by atoms with van der Waals surface area (Å²) in [6.45, 7) is 2.30. The molecule has 16 heavy (non-hydrogen) atoms. The molecule has 1 N–H and O–H groups in total. The molecule has 0 aromatic heterocycles. The molecular weight excluding hydrogens is 198 g/mol. The van der Waals surface area contributed by atoms with Crippen LogP contribution in [0.15, 0.2) is 30.3 Å². The van der Waals surface area contributed by atoms with Crippen molar-refractivity contribution in [2.75, 3.05) is 32.1 Å². The van der Waals surface area contributed by atoms with E-state index in [2.05, 4.69) is 59.8 Å². The maximum Gasteiger partial charge on any atom is 0.0366 e. The van der Waals surface area contributed by atoms with E-state index < -0.39 is 0 Å². The molecule has 0 spiro atoms. The van der Waals surface area contributed by atoms with Gasteiger partial charge in [-0.15, -0.1) is 0 Å². The molecule has 1 heterocycles. The van der Waals surface area contributed by atoms with Crippen molar-refractivity contribution >= 4 is 5.69 Å².